The fourth-order valence-electron chi connectivity index (χ4n) is 2.62. The van der Waals surface area contributed by atoms with Crippen LogP contribution in [0, 0.1) is 0 Å². The average Bonchev–Trinajstić information content (AvgIpc) is 3.24. The topological polar surface area (TPSA) is 74.3 Å². The number of nitrogens with zero attached hydrogens (tertiary/aromatic N) is 1. The Morgan fingerprint density at radius 2 is 1.85 bits per heavy atom. The van der Waals surface area contributed by atoms with E-state index in [1.54, 1.807) is 40.5 Å². The van der Waals surface area contributed by atoms with E-state index in [-0.39, 0.29) is 24.6 Å². The Morgan fingerprint density at radius 3 is 2.48 bits per heavy atom. The second kappa shape index (κ2) is 8.70. The summed E-state index contributed by atoms with van der Waals surface area (Å²) in [5, 5.41) is 2.00. The summed E-state index contributed by atoms with van der Waals surface area (Å²) >= 11 is 1.63. The minimum Gasteiger partial charge on any atom is -0.488 e. The molecule has 0 unspecified atom stereocenters. The minimum atomic E-state index is -0.629. The van der Waals surface area contributed by atoms with Gasteiger partial charge >= 0.3 is 11.9 Å². The van der Waals surface area contributed by atoms with E-state index in [0.717, 1.165) is 4.88 Å². The van der Waals surface area contributed by atoms with Crippen molar-refractivity contribution in [1.29, 1.82) is 0 Å². The lowest BCUT2D eigenvalue weighted by molar-refractivity contribution is -0.140. The first-order valence-corrected chi connectivity index (χ1v) is 9.02. The smallest absolute Gasteiger partial charge is 0.355 e. The van der Waals surface area contributed by atoms with Crippen LogP contribution in [0.4, 0.5) is 5.69 Å². The molecule has 0 amide bonds. The van der Waals surface area contributed by atoms with Gasteiger partial charge in [0.1, 0.15) is 24.8 Å². The van der Waals surface area contributed by atoms with Crippen molar-refractivity contribution in [2.24, 2.45) is 0 Å². The van der Waals surface area contributed by atoms with Crippen molar-refractivity contribution in [2.45, 2.75) is 6.61 Å². The van der Waals surface area contributed by atoms with E-state index >= 15 is 0 Å². The van der Waals surface area contributed by atoms with Gasteiger partial charge in [-0.25, -0.2) is 9.59 Å². The Hall–Kier alpha value is -2.84. The SMILES string of the molecule is COC(=O)C1=C(C(=O)OC)N(c2ccc(OCc3cccs3)cc2)COC1. The zero-order chi connectivity index (χ0) is 19.2. The van der Waals surface area contributed by atoms with Gasteiger partial charge in [0.15, 0.2) is 0 Å². The Bertz CT molecular complexity index is 828. The highest BCUT2D eigenvalue weighted by Gasteiger charge is 2.32. The molecule has 1 aromatic carbocycles. The maximum absolute atomic E-state index is 12.3. The third-order valence-electron chi connectivity index (χ3n) is 3.94. The number of hydrogen-bond donors (Lipinski definition) is 0. The van der Waals surface area contributed by atoms with Crippen LogP contribution in [0.15, 0.2) is 53.0 Å². The van der Waals surface area contributed by atoms with Crippen molar-refractivity contribution in [2.75, 3.05) is 32.5 Å². The van der Waals surface area contributed by atoms with Gasteiger partial charge in [-0.1, -0.05) is 6.07 Å². The van der Waals surface area contributed by atoms with E-state index in [1.165, 1.54) is 14.2 Å². The maximum Gasteiger partial charge on any atom is 0.355 e. The molecule has 2 heterocycles. The highest BCUT2D eigenvalue weighted by Crippen LogP contribution is 2.28. The highest BCUT2D eigenvalue weighted by molar-refractivity contribution is 7.09. The van der Waals surface area contributed by atoms with E-state index in [2.05, 4.69) is 0 Å². The van der Waals surface area contributed by atoms with Crippen molar-refractivity contribution >= 4 is 29.0 Å². The Morgan fingerprint density at radius 1 is 1.11 bits per heavy atom. The zero-order valence-electron chi connectivity index (χ0n) is 15.0. The van der Waals surface area contributed by atoms with Gasteiger partial charge in [-0.15, -0.1) is 11.3 Å². The first-order chi connectivity index (χ1) is 13.1. The lowest BCUT2D eigenvalue weighted by Crippen LogP contribution is -2.38. The zero-order valence-corrected chi connectivity index (χ0v) is 15.8. The van der Waals surface area contributed by atoms with Gasteiger partial charge in [0.25, 0.3) is 0 Å². The molecule has 7 nitrogen and oxygen atoms in total. The van der Waals surface area contributed by atoms with Crippen LogP contribution >= 0.6 is 11.3 Å². The van der Waals surface area contributed by atoms with E-state index in [4.69, 9.17) is 18.9 Å². The molecule has 0 radical (unpaired) electrons. The van der Waals surface area contributed by atoms with Crippen LogP contribution in [0.3, 0.4) is 0 Å². The van der Waals surface area contributed by atoms with Gasteiger partial charge < -0.3 is 23.8 Å². The van der Waals surface area contributed by atoms with Gasteiger partial charge in [0.2, 0.25) is 0 Å². The Kier molecular flexibility index (Phi) is 6.10. The molecular formula is C19H19NO6S. The first-order valence-electron chi connectivity index (χ1n) is 8.14. The maximum atomic E-state index is 12.3. The number of anilines is 1. The second-order valence-corrected chi connectivity index (χ2v) is 6.61. The second-order valence-electron chi connectivity index (χ2n) is 5.58. The summed E-state index contributed by atoms with van der Waals surface area (Å²) < 4.78 is 20.8. The molecular weight excluding hydrogens is 370 g/mol. The molecule has 0 spiro atoms. The molecule has 1 aromatic heterocycles. The average molecular weight is 389 g/mol. The molecule has 0 N–H and O–H groups in total. The molecule has 0 saturated carbocycles. The van der Waals surface area contributed by atoms with E-state index in [0.29, 0.717) is 18.0 Å². The number of thiophene rings is 1. The van der Waals surface area contributed by atoms with Crippen molar-refractivity contribution in [3.63, 3.8) is 0 Å². The van der Waals surface area contributed by atoms with Crippen LogP contribution in [0.2, 0.25) is 0 Å². The largest absolute Gasteiger partial charge is 0.488 e. The number of ether oxygens (including phenoxy) is 4. The van der Waals surface area contributed by atoms with Crippen LogP contribution < -0.4 is 9.64 Å². The van der Waals surface area contributed by atoms with Gasteiger partial charge in [-0.05, 0) is 35.7 Å². The predicted octanol–water partition coefficient (Wildman–Crippen LogP) is 2.72. The monoisotopic (exact) mass is 389 g/mol. The summed E-state index contributed by atoms with van der Waals surface area (Å²) in [4.78, 5) is 27.0. The number of carbonyl (C=O) groups is 2. The lowest BCUT2D eigenvalue weighted by atomic mass is 10.1. The summed E-state index contributed by atoms with van der Waals surface area (Å²) in [7, 11) is 2.52. The number of rotatable bonds is 6. The lowest BCUT2D eigenvalue weighted by Gasteiger charge is -2.31. The molecule has 2 aromatic rings. The fraction of sp³-hybridized carbons (Fsp3) is 0.263. The third kappa shape index (κ3) is 4.29. The third-order valence-corrected chi connectivity index (χ3v) is 4.79. The fourth-order valence-corrected chi connectivity index (χ4v) is 3.23. The van der Waals surface area contributed by atoms with E-state index in [9.17, 15) is 9.59 Å². The Labute approximate surface area is 160 Å². The van der Waals surface area contributed by atoms with Crippen molar-refractivity contribution < 1.29 is 28.5 Å². The molecule has 8 heteroatoms. The van der Waals surface area contributed by atoms with Crippen LogP contribution in [-0.2, 0) is 30.4 Å². The molecule has 3 rings (SSSR count). The van der Waals surface area contributed by atoms with Gasteiger partial charge in [0.05, 0.1) is 26.4 Å². The molecule has 0 fully saturated rings. The molecule has 0 bridgehead atoms. The first kappa shape index (κ1) is 18.9. The minimum absolute atomic E-state index is 0.0182. The predicted molar refractivity (Wildman–Crippen MR) is 99.4 cm³/mol. The summed E-state index contributed by atoms with van der Waals surface area (Å²) in [5.74, 6) is -0.561. The molecule has 27 heavy (non-hydrogen) atoms. The summed E-state index contributed by atoms with van der Waals surface area (Å²) in [6.07, 6.45) is 0. The molecule has 0 saturated heterocycles. The van der Waals surface area contributed by atoms with Crippen molar-refractivity contribution in [3.8, 4) is 5.75 Å². The summed E-state index contributed by atoms with van der Waals surface area (Å²) in [6.45, 7) is 0.583. The van der Waals surface area contributed by atoms with Gasteiger partial charge in [-0.2, -0.15) is 0 Å². The van der Waals surface area contributed by atoms with Crippen LogP contribution in [0.5, 0.6) is 5.75 Å². The molecule has 1 aliphatic rings. The standard InChI is InChI=1S/C19H19NO6S/c1-23-18(21)16-11-25-12-20(17(16)19(22)24-2)13-5-7-14(8-6-13)26-10-15-4-3-9-27-15/h3-9H,10-12H2,1-2H3. The van der Waals surface area contributed by atoms with E-state index in [1.807, 2.05) is 17.5 Å². The number of esters is 2. The normalized spacial score (nSPS) is 14.1. The van der Waals surface area contributed by atoms with E-state index < -0.39 is 11.9 Å². The quantitative estimate of drug-likeness (QED) is 0.703. The van der Waals surface area contributed by atoms with Crippen LogP contribution in [0.25, 0.3) is 0 Å². The van der Waals surface area contributed by atoms with Crippen molar-refractivity contribution in [1.82, 2.24) is 0 Å². The van der Waals surface area contributed by atoms with Crippen LogP contribution in [0.1, 0.15) is 4.88 Å². The Balaban J connectivity index is 1.82. The number of hydrogen-bond acceptors (Lipinski definition) is 8. The van der Waals surface area contributed by atoms with Gasteiger partial charge in [-0.3, -0.25) is 0 Å². The molecule has 0 atom stereocenters. The molecule has 0 aliphatic carbocycles. The molecule has 142 valence electrons. The van der Waals surface area contributed by atoms with Crippen LogP contribution in [-0.4, -0.2) is 39.5 Å². The van der Waals surface area contributed by atoms with Crippen molar-refractivity contribution in [3.05, 3.63) is 57.9 Å². The van der Waals surface area contributed by atoms with Gasteiger partial charge in [0, 0.05) is 10.6 Å². The number of carbonyl (C=O) groups excluding carboxylic acids is 2. The number of benzene rings is 1. The summed E-state index contributed by atoms with van der Waals surface area (Å²) in [5.41, 5.74) is 0.899. The number of methoxy groups -OCH3 is 2. The highest BCUT2D eigenvalue weighted by atomic mass is 32.1. The summed E-state index contributed by atoms with van der Waals surface area (Å²) in [6, 6.07) is 11.1. The molecule has 1 aliphatic heterocycles.